The smallest absolute Gasteiger partial charge is 0.404 e. The second-order valence-electron chi connectivity index (χ2n) is 2.29. The third-order valence-corrected chi connectivity index (χ3v) is 1.45. The number of primary amides is 1. The molecule has 60 valence electrons. The quantitative estimate of drug-likeness (QED) is 0.563. The molecule has 0 heterocycles. The number of rotatable bonds is 0. The second kappa shape index (κ2) is 6.39. The Hall–Kier alpha value is -0.730. The van der Waals surface area contributed by atoms with Gasteiger partial charge in [-0.05, 0) is 0 Å². The van der Waals surface area contributed by atoms with E-state index in [-0.39, 0.29) is 0 Å². The fourth-order valence-electron chi connectivity index (χ4n) is 0.884. The van der Waals surface area contributed by atoms with E-state index in [1.807, 2.05) is 0 Å². The standard InChI is InChI=1S/C5H10.C2H5NO2/c1-2-4-5-3-1;1-5-2(3)4/h1-5H2;1H3,(H2,3,4). The molecule has 0 aromatic carbocycles. The van der Waals surface area contributed by atoms with Crippen LogP contribution >= 0.6 is 0 Å². The highest BCUT2D eigenvalue weighted by Gasteiger charge is 1.95. The second-order valence-corrected chi connectivity index (χ2v) is 2.29. The van der Waals surface area contributed by atoms with Crippen LogP contribution in [-0.4, -0.2) is 13.2 Å². The highest BCUT2D eigenvalue weighted by Crippen LogP contribution is 2.15. The third kappa shape index (κ3) is 7.27. The van der Waals surface area contributed by atoms with Gasteiger partial charge in [-0.3, -0.25) is 0 Å². The topological polar surface area (TPSA) is 52.3 Å². The largest absolute Gasteiger partial charge is 0.453 e. The van der Waals surface area contributed by atoms with Gasteiger partial charge in [-0.2, -0.15) is 0 Å². The van der Waals surface area contributed by atoms with Crippen LogP contribution in [0.4, 0.5) is 4.79 Å². The summed E-state index contributed by atoms with van der Waals surface area (Å²) in [4.78, 5) is 9.37. The fourth-order valence-corrected chi connectivity index (χ4v) is 0.884. The number of ether oxygens (including phenoxy) is 1. The summed E-state index contributed by atoms with van der Waals surface area (Å²) in [5.74, 6) is 0. The molecule has 3 heteroatoms. The first-order valence-corrected chi connectivity index (χ1v) is 3.61. The summed E-state index contributed by atoms with van der Waals surface area (Å²) in [6, 6.07) is 0. The molecule has 0 saturated heterocycles. The van der Waals surface area contributed by atoms with Crippen LogP contribution in [0, 0.1) is 0 Å². The number of methoxy groups -OCH3 is 1. The Morgan fingerprint density at radius 1 is 1.20 bits per heavy atom. The van der Waals surface area contributed by atoms with Crippen molar-refractivity contribution < 1.29 is 9.53 Å². The summed E-state index contributed by atoms with van der Waals surface area (Å²) in [7, 11) is 1.22. The SMILES string of the molecule is C1CCCC1.COC(N)=O. The molecule has 0 aliphatic heterocycles. The minimum absolute atomic E-state index is 0.745. The number of nitrogens with two attached hydrogens (primary N) is 1. The minimum atomic E-state index is -0.745. The van der Waals surface area contributed by atoms with Crippen molar-refractivity contribution in [3.63, 3.8) is 0 Å². The number of carbonyl (C=O) groups is 1. The molecule has 0 aromatic heterocycles. The average Bonchev–Trinajstić information content (AvgIpc) is 2.43. The van der Waals surface area contributed by atoms with Crippen molar-refractivity contribution in [2.75, 3.05) is 7.11 Å². The summed E-state index contributed by atoms with van der Waals surface area (Å²) in [5.41, 5.74) is 4.43. The van der Waals surface area contributed by atoms with E-state index >= 15 is 0 Å². The third-order valence-electron chi connectivity index (χ3n) is 1.45. The molecule has 1 aliphatic carbocycles. The van der Waals surface area contributed by atoms with Crippen LogP contribution in [-0.2, 0) is 4.74 Å². The molecular formula is C7H15NO2. The average molecular weight is 145 g/mol. The highest BCUT2D eigenvalue weighted by atomic mass is 16.5. The molecule has 0 atom stereocenters. The molecule has 10 heavy (non-hydrogen) atoms. The predicted octanol–water partition coefficient (Wildman–Crippen LogP) is 1.66. The van der Waals surface area contributed by atoms with Crippen molar-refractivity contribution in [2.24, 2.45) is 5.73 Å². The summed E-state index contributed by atoms with van der Waals surface area (Å²) in [6.07, 6.45) is 6.75. The molecule has 0 bridgehead atoms. The van der Waals surface area contributed by atoms with E-state index in [1.54, 1.807) is 0 Å². The lowest BCUT2D eigenvalue weighted by Gasteiger charge is -1.81. The van der Waals surface area contributed by atoms with Gasteiger partial charge in [-0.25, -0.2) is 4.79 Å². The molecule has 0 aromatic rings. The van der Waals surface area contributed by atoms with Crippen LogP contribution in [0.2, 0.25) is 0 Å². The van der Waals surface area contributed by atoms with Crippen LogP contribution in [0.25, 0.3) is 0 Å². The lowest BCUT2D eigenvalue weighted by Crippen LogP contribution is -2.08. The van der Waals surface area contributed by atoms with Gasteiger partial charge in [0.25, 0.3) is 0 Å². The van der Waals surface area contributed by atoms with E-state index < -0.39 is 6.09 Å². The summed E-state index contributed by atoms with van der Waals surface area (Å²) < 4.78 is 3.89. The number of amides is 1. The van der Waals surface area contributed by atoms with Gasteiger partial charge in [0.05, 0.1) is 7.11 Å². The molecule has 2 N–H and O–H groups in total. The van der Waals surface area contributed by atoms with Crippen LogP contribution in [0.5, 0.6) is 0 Å². The minimum Gasteiger partial charge on any atom is -0.453 e. The van der Waals surface area contributed by atoms with Crippen molar-refractivity contribution >= 4 is 6.09 Å². The van der Waals surface area contributed by atoms with Gasteiger partial charge in [0.15, 0.2) is 0 Å². The van der Waals surface area contributed by atoms with Crippen molar-refractivity contribution in [1.82, 2.24) is 0 Å². The Labute approximate surface area is 61.5 Å². The maximum Gasteiger partial charge on any atom is 0.404 e. The molecule has 0 radical (unpaired) electrons. The van der Waals surface area contributed by atoms with Crippen molar-refractivity contribution in [1.29, 1.82) is 0 Å². The zero-order valence-electron chi connectivity index (χ0n) is 6.43. The van der Waals surface area contributed by atoms with Crippen LogP contribution < -0.4 is 5.73 Å². The molecular weight excluding hydrogens is 130 g/mol. The van der Waals surface area contributed by atoms with Crippen LogP contribution in [0.3, 0.4) is 0 Å². The van der Waals surface area contributed by atoms with E-state index in [0.717, 1.165) is 0 Å². The number of hydrogen-bond acceptors (Lipinski definition) is 2. The normalized spacial score (nSPS) is 15.3. The summed E-state index contributed by atoms with van der Waals surface area (Å²) in [6.45, 7) is 0. The van der Waals surface area contributed by atoms with E-state index in [0.29, 0.717) is 0 Å². The molecule has 3 nitrogen and oxygen atoms in total. The van der Waals surface area contributed by atoms with Crippen LogP contribution in [0.1, 0.15) is 32.1 Å². The first kappa shape index (κ1) is 9.27. The van der Waals surface area contributed by atoms with Gasteiger partial charge in [0.1, 0.15) is 0 Å². The Balaban J connectivity index is 0.000000162. The van der Waals surface area contributed by atoms with E-state index in [9.17, 15) is 4.79 Å². The van der Waals surface area contributed by atoms with Gasteiger partial charge in [-0.1, -0.05) is 32.1 Å². The lowest BCUT2D eigenvalue weighted by molar-refractivity contribution is 0.182. The Morgan fingerprint density at radius 3 is 1.50 bits per heavy atom. The maximum atomic E-state index is 9.37. The van der Waals surface area contributed by atoms with E-state index in [4.69, 9.17) is 0 Å². The predicted molar refractivity (Wildman–Crippen MR) is 39.7 cm³/mol. The van der Waals surface area contributed by atoms with Crippen LogP contribution in [0.15, 0.2) is 0 Å². The van der Waals surface area contributed by atoms with Crippen molar-refractivity contribution in [3.8, 4) is 0 Å². The Kier molecular flexibility index (Phi) is 5.92. The molecule has 1 saturated carbocycles. The monoisotopic (exact) mass is 145 g/mol. The van der Waals surface area contributed by atoms with E-state index in [1.165, 1.54) is 39.2 Å². The Morgan fingerprint density at radius 2 is 1.40 bits per heavy atom. The van der Waals surface area contributed by atoms with Gasteiger partial charge in [-0.15, -0.1) is 0 Å². The van der Waals surface area contributed by atoms with Gasteiger partial charge < -0.3 is 10.5 Å². The van der Waals surface area contributed by atoms with Crippen molar-refractivity contribution in [3.05, 3.63) is 0 Å². The van der Waals surface area contributed by atoms with Gasteiger partial charge in [0.2, 0.25) is 0 Å². The van der Waals surface area contributed by atoms with Crippen molar-refractivity contribution in [2.45, 2.75) is 32.1 Å². The molecule has 1 amide bonds. The zero-order valence-corrected chi connectivity index (χ0v) is 6.43. The molecule has 0 spiro atoms. The van der Waals surface area contributed by atoms with E-state index in [2.05, 4.69) is 10.5 Å². The highest BCUT2D eigenvalue weighted by molar-refractivity contribution is 5.64. The Bertz CT molecular complexity index is 82.0. The number of carbonyl (C=O) groups excluding carboxylic acids is 1. The number of hydrogen-bond donors (Lipinski definition) is 1. The zero-order chi connectivity index (χ0) is 7.82. The van der Waals surface area contributed by atoms with Gasteiger partial charge in [0, 0.05) is 0 Å². The molecule has 1 aliphatic rings. The first-order chi connectivity index (χ1) is 4.77. The molecule has 1 rings (SSSR count). The first-order valence-electron chi connectivity index (χ1n) is 3.61. The van der Waals surface area contributed by atoms with Gasteiger partial charge >= 0.3 is 6.09 Å². The summed E-state index contributed by atoms with van der Waals surface area (Å²) in [5, 5.41) is 0. The molecule has 1 fully saturated rings. The molecule has 0 unspecified atom stereocenters. The maximum absolute atomic E-state index is 9.37. The fraction of sp³-hybridized carbons (Fsp3) is 0.857. The lowest BCUT2D eigenvalue weighted by atomic mass is 10.4. The summed E-state index contributed by atoms with van der Waals surface area (Å²) >= 11 is 0.